The molecule has 4 nitrogen and oxygen atoms in total. The number of aliphatic hydroxyl groups excluding tert-OH is 1. The quantitative estimate of drug-likeness (QED) is 0.908. The number of benzene rings is 2. The van der Waals surface area contributed by atoms with Gasteiger partial charge in [-0.1, -0.05) is 60.7 Å². The van der Waals surface area contributed by atoms with Crippen molar-refractivity contribution in [2.45, 2.75) is 25.2 Å². The van der Waals surface area contributed by atoms with Crippen molar-refractivity contribution < 1.29 is 13.5 Å². The topological polar surface area (TPSA) is 57.6 Å². The monoisotopic (exact) mass is 331 g/mol. The molecule has 2 aromatic rings. The van der Waals surface area contributed by atoms with Crippen LogP contribution in [0, 0.1) is 0 Å². The normalized spacial score (nSPS) is 23.2. The lowest BCUT2D eigenvalue weighted by Gasteiger charge is -2.30. The standard InChI is InChI=1S/C18H21NO3S/c20-18-14-23(21,22)13-17(18)19(11-15-7-3-1-4-8-15)12-16-9-5-2-6-10-16/h1-10,17-18,20H,11-14H2. The highest BCUT2D eigenvalue weighted by Crippen LogP contribution is 2.22. The summed E-state index contributed by atoms with van der Waals surface area (Å²) >= 11 is 0. The summed E-state index contributed by atoms with van der Waals surface area (Å²) in [5.41, 5.74) is 2.22. The van der Waals surface area contributed by atoms with Crippen LogP contribution in [0.15, 0.2) is 60.7 Å². The fourth-order valence-electron chi connectivity index (χ4n) is 3.09. The van der Waals surface area contributed by atoms with Gasteiger partial charge in [-0.15, -0.1) is 0 Å². The van der Waals surface area contributed by atoms with Crippen LogP contribution in [0.3, 0.4) is 0 Å². The molecule has 0 saturated carbocycles. The Morgan fingerprint density at radius 3 is 1.74 bits per heavy atom. The van der Waals surface area contributed by atoms with E-state index in [0.717, 1.165) is 11.1 Å². The third kappa shape index (κ3) is 4.19. The zero-order valence-corrected chi connectivity index (χ0v) is 13.7. The summed E-state index contributed by atoms with van der Waals surface area (Å²) in [6, 6.07) is 19.5. The molecule has 122 valence electrons. The second-order valence-electron chi connectivity index (χ2n) is 6.09. The Bertz CT molecular complexity index is 690. The molecule has 2 atom stereocenters. The molecule has 5 heteroatoms. The highest BCUT2D eigenvalue weighted by atomic mass is 32.2. The molecule has 1 heterocycles. The maximum absolute atomic E-state index is 11.9. The SMILES string of the molecule is O=S1(=O)CC(O)C(N(Cc2ccccc2)Cc2ccccc2)C1. The Balaban J connectivity index is 1.84. The fraction of sp³-hybridized carbons (Fsp3) is 0.333. The Morgan fingerprint density at radius 2 is 1.35 bits per heavy atom. The van der Waals surface area contributed by atoms with E-state index in [-0.39, 0.29) is 17.5 Å². The molecule has 0 bridgehead atoms. The molecule has 0 spiro atoms. The van der Waals surface area contributed by atoms with Gasteiger partial charge in [-0.3, -0.25) is 4.90 Å². The zero-order valence-electron chi connectivity index (χ0n) is 12.9. The van der Waals surface area contributed by atoms with E-state index in [2.05, 4.69) is 4.90 Å². The maximum Gasteiger partial charge on any atom is 0.154 e. The van der Waals surface area contributed by atoms with E-state index in [9.17, 15) is 13.5 Å². The van der Waals surface area contributed by atoms with Crippen molar-refractivity contribution in [3.8, 4) is 0 Å². The average Bonchev–Trinajstić information content (AvgIpc) is 2.81. The number of sulfone groups is 1. The van der Waals surface area contributed by atoms with Crippen LogP contribution in [-0.2, 0) is 22.9 Å². The predicted octanol–water partition coefficient (Wildman–Crippen LogP) is 1.85. The van der Waals surface area contributed by atoms with Gasteiger partial charge in [0.15, 0.2) is 9.84 Å². The molecule has 0 aliphatic carbocycles. The van der Waals surface area contributed by atoms with E-state index in [1.165, 1.54) is 0 Å². The molecule has 0 aromatic heterocycles. The van der Waals surface area contributed by atoms with Gasteiger partial charge < -0.3 is 5.11 Å². The van der Waals surface area contributed by atoms with Gasteiger partial charge in [-0.05, 0) is 11.1 Å². The summed E-state index contributed by atoms with van der Waals surface area (Å²) in [5, 5.41) is 10.2. The molecule has 2 aromatic carbocycles. The van der Waals surface area contributed by atoms with E-state index >= 15 is 0 Å². The molecule has 23 heavy (non-hydrogen) atoms. The summed E-state index contributed by atoms with van der Waals surface area (Å²) in [5.74, 6) is -0.119. The van der Waals surface area contributed by atoms with Crippen LogP contribution in [0.2, 0.25) is 0 Å². The van der Waals surface area contributed by atoms with Crippen molar-refractivity contribution in [1.29, 1.82) is 0 Å². The molecule has 1 fully saturated rings. The number of hydrogen-bond donors (Lipinski definition) is 1. The summed E-state index contributed by atoms with van der Waals surface area (Å²) in [6.07, 6.45) is -0.826. The van der Waals surface area contributed by atoms with Gasteiger partial charge in [-0.2, -0.15) is 0 Å². The minimum Gasteiger partial charge on any atom is -0.390 e. The van der Waals surface area contributed by atoms with Crippen molar-refractivity contribution in [3.05, 3.63) is 71.8 Å². The zero-order chi connectivity index (χ0) is 16.3. The predicted molar refractivity (Wildman–Crippen MR) is 90.6 cm³/mol. The summed E-state index contributed by atoms with van der Waals surface area (Å²) in [4.78, 5) is 2.07. The van der Waals surface area contributed by atoms with Crippen LogP contribution < -0.4 is 0 Å². The van der Waals surface area contributed by atoms with Crippen molar-refractivity contribution in [2.24, 2.45) is 0 Å². The van der Waals surface area contributed by atoms with Gasteiger partial charge in [0.25, 0.3) is 0 Å². The van der Waals surface area contributed by atoms with Gasteiger partial charge in [0.05, 0.1) is 23.7 Å². The summed E-state index contributed by atoms with van der Waals surface area (Å²) < 4.78 is 23.7. The second-order valence-corrected chi connectivity index (χ2v) is 8.24. The summed E-state index contributed by atoms with van der Waals surface area (Å²) in [7, 11) is -3.17. The molecule has 3 rings (SSSR count). The smallest absolute Gasteiger partial charge is 0.154 e. The number of rotatable bonds is 5. The average molecular weight is 331 g/mol. The molecular formula is C18H21NO3S. The van der Waals surface area contributed by atoms with E-state index in [1.54, 1.807) is 0 Å². The number of aliphatic hydroxyl groups is 1. The molecule has 0 amide bonds. The molecule has 2 unspecified atom stereocenters. The van der Waals surface area contributed by atoms with Gasteiger partial charge >= 0.3 is 0 Å². The van der Waals surface area contributed by atoms with Crippen LogP contribution in [0.4, 0.5) is 0 Å². The first-order valence-electron chi connectivity index (χ1n) is 7.74. The van der Waals surface area contributed by atoms with E-state index < -0.39 is 15.9 Å². The number of hydrogen-bond acceptors (Lipinski definition) is 4. The van der Waals surface area contributed by atoms with Gasteiger partial charge in [0.2, 0.25) is 0 Å². The molecule has 1 saturated heterocycles. The fourth-order valence-corrected chi connectivity index (χ4v) is 4.92. The van der Waals surface area contributed by atoms with Crippen molar-refractivity contribution in [3.63, 3.8) is 0 Å². The number of nitrogens with zero attached hydrogens (tertiary/aromatic N) is 1. The van der Waals surface area contributed by atoms with Crippen LogP contribution in [0.25, 0.3) is 0 Å². The first kappa shape index (κ1) is 16.2. The van der Waals surface area contributed by atoms with E-state index in [0.29, 0.717) is 13.1 Å². The lowest BCUT2D eigenvalue weighted by Crippen LogP contribution is -2.42. The Kier molecular flexibility index (Phi) is 4.80. The highest BCUT2D eigenvalue weighted by molar-refractivity contribution is 7.91. The Hall–Kier alpha value is -1.69. The van der Waals surface area contributed by atoms with Gasteiger partial charge in [-0.25, -0.2) is 8.42 Å². The Labute approximate surface area is 137 Å². The van der Waals surface area contributed by atoms with Gasteiger partial charge in [0, 0.05) is 13.1 Å². The largest absolute Gasteiger partial charge is 0.390 e. The van der Waals surface area contributed by atoms with E-state index in [4.69, 9.17) is 0 Å². The lowest BCUT2D eigenvalue weighted by atomic mass is 10.1. The first-order valence-corrected chi connectivity index (χ1v) is 9.56. The lowest BCUT2D eigenvalue weighted by molar-refractivity contribution is 0.0731. The van der Waals surface area contributed by atoms with Crippen LogP contribution in [0.5, 0.6) is 0 Å². The van der Waals surface area contributed by atoms with Crippen molar-refractivity contribution in [1.82, 2.24) is 4.90 Å². The third-order valence-electron chi connectivity index (χ3n) is 4.22. The molecule has 0 radical (unpaired) electrons. The molecule has 1 aliphatic heterocycles. The van der Waals surface area contributed by atoms with Crippen LogP contribution in [-0.4, -0.2) is 42.1 Å². The molecule has 1 aliphatic rings. The van der Waals surface area contributed by atoms with Crippen molar-refractivity contribution >= 4 is 9.84 Å². The van der Waals surface area contributed by atoms with Gasteiger partial charge in [0.1, 0.15) is 0 Å². The molecular weight excluding hydrogens is 310 g/mol. The molecule has 1 N–H and O–H groups in total. The maximum atomic E-state index is 11.9. The minimum atomic E-state index is -3.17. The van der Waals surface area contributed by atoms with Crippen LogP contribution in [0.1, 0.15) is 11.1 Å². The first-order chi connectivity index (χ1) is 11.0. The highest BCUT2D eigenvalue weighted by Gasteiger charge is 2.39. The van der Waals surface area contributed by atoms with Crippen molar-refractivity contribution in [2.75, 3.05) is 11.5 Å². The summed E-state index contributed by atoms with van der Waals surface area (Å²) in [6.45, 7) is 1.24. The van der Waals surface area contributed by atoms with Crippen LogP contribution >= 0.6 is 0 Å². The third-order valence-corrected chi connectivity index (χ3v) is 5.92. The Morgan fingerprint density at radius 1 is 0.870 bits per heavy atom. The second kappa shape index (κ2) is 6.83. The minimum absolute atomic E-state index is 0.0217. The van der Waals surface area contributed by atoms with E-state index in [1.807, 2.05) is 60.7 Å².